The Kier molecular flexibility index (Phi) is 5.51. The third-order valence-corrected chi connectivity index (χ3v) is 4.91. The van der Waals surface area contributed by atoms with Crippen molar-refractivity contribution in [2.24, 2.45) is 5.92 Å². The molecule has 2 aromatic carbocycles. The minimum Gasteiger partial charge on any atom is -0.292 e. The predicted octanol–water partition coefficient (Wildman–Crippen LogP) is 4.88. The fourth-order valence-electron chi connectivity index (χ4n) is 3.56. The van der Waals surface area contributed by atoms with Crippen LogP contribution in [0.2, 0.25) is 0 Å². The van der Waals surface area contributed by atoms with Gasteiger partial charge in [0.15, 0.2) is 0 Å². The van der Waals surface area contributed by atoms with E-state index in [-0.39, 0.29) is 0 Å². The second-order valence-corrected chi connectivity index (χ2v) is 6.55. The molecule has 0 radical (unpaired) electrons. The lowest BCUT2D eigenvalue weighted by atomic mass is 9.85. The van der Waals surface area contributed by atoms with Gasteiger partial charge in [-0.3, -0.25) is 4.90 Å². The van der Waals surface area contributed by atoms with Gasteiger partial charge in [0.1, 0.15) is 0 Å². The van der Waals surface area contributed by atoms with Crippen molar-refractivity contribution in [1.82, 2.24) is 4.90 Å². The Hall–Kier alpha value is -2.04. The predicted molar refractivity (Wildman–Crippen MR) is 96.7 cm³/mol. The van der Waals surface area contributed by atoms with Gasteiger partial charge in [-0.2, -0.15) is 0 Å². The molecule has 0 unspecified atom stereocenters. The van der Waals surface area contributed by atoms with Gasteiger partial charge in [0.25, 0.3) is 0 Å². The molecule has 0 aromatic heterocycles. The van der Waals surface area contributed by atoms with Gasteiger partial charge in [-0.05, 0) is 36.8 Å². The maximum atomic E-state index is 5.61. The smallest absolute Gasteiger partial charge is 0.0240 e. The van der Waals surface area contributed by atoms with E-state index in [9.17, 15) is 0 Å². The first kappa shape index (κ1) is 15.8. The lowest BCUT2D eigenvalue weighted by Gasteiger charge is -2.36. The fourth-order valence-corrected chi connectivity index (χ4v) is 3.56. The summed E-state index contributed by atoms with van der Waals surface area (Å²) < 4.78 is 0. The van der Waals surface area contributed by atoms with E-state index >= 15 is 0 Å². The molecule has 1 saturated carbocycles. The van der Waals surface area contributed by atoms with Crippen LogP contribution in [-0.2, 0) is 13.1 Å². The Morgan fingerprint density at radius 2 is 1.26 bits per heavy atom. The molecule has 1 fully saturated rings. The quantitative estimate of drug-likeness (QED) is 0.712. The van der Waals surface area contributed by atoms with Crippen LogP contribution in [0.3, 0.4) is 0 Å². The van der Waals surface area contributed by atoms with E-state index in [1.54, 1.807) is 0 Å². The van der Waals surface area contributed by atoms with Crippen LogP contribution in [0.25, 0.3) is 0 Å². The van der Waals surface area contributed by atoms with Crippen LogP contribution in [0.1, 0.15) is 36.8 Å². The minimum atomic E-state index is 0.488. The fraction of sp³-hybridized carbons (Fsp3) is 0.364. The van der Waals surface area contributed by atoms with E-state index in [1.807, 2.05) is 0 Å². The third kappa shape index (κ3) is 4.47. The maximum Gasteiger partial charge on any atom is 0.0240 e. The molecule has 3 rings (SSSR count). The summed E-state index contributed by atoms with van der Waals surface area (Å²) in [4.78, 5) is 2.64. The molecule has 1 aliphatic carbocycles. The summed E-state index contributed by atoms with van der Waals surface area (Å²) in [5, 5.41) is 0. The van der Waals surface area contributed by atoms with Crippen LogP contribution in [0.4, 0.5) is 0 Å². The van der Waals surface area contributed by atoms with E-state index in [0.29, 0.717) is 12.0 Å². The van der Waals surface area contributed by atoms with Gasteiger partial charge >= 0.3 is 0 Å². The number of nitrogens with zero attached hydrogens (tertiary/aromatic N) is 1. The van der Waals surface area contributed by atoms with E-state index in [4.69, 9.17) is 6.42 Å². The lowest BCUT2D eigenvalue weighted by molar-refractivity contribution is 0.131. The molecule has 1 nitrogen and oxygen atoms in total. The first-order valence-electron chi connectivity index (χ1n) is 8.63. The Labute approximate surface area is 140 Å². The molecule has 0 N–H and O–H groups in total. The molecule has 0 heterocycles. The third-order valence-electron chi connectivity index (χ3n) is 4.91. The highest BCUT2D eigenvalue weighted by Crippen LogP contribution is 2.29. The zero-order chi connectivity index (χ0) is 15.9. The second-order valence-electron chi connectivity index (χ2n) is 6.55. The summed E-state index contributed by atoms with van der Waals surface area (Å²) in [6.07, 6.45) is 10.4. The SMILES string of the molecule is C#C[C@H]1CC[C@H](N(Cc2ccccc2)Cc2ccccc2)CC1. The number of benzene rings is 2. The summed E-state index contributed by atoms with van der Waals surface area (Å²) in [7, 11) is 0. The molecule has 0 amide bonds. The molecule has 0 spiro atoms. The van der Waals surface area contributed by atoms with Crippen molar-refractivity contribution in [3.05, 3.63) is 71.8 Å². The number of hydrogen-bond donors (Lipinski definition) is 0. The van der Waals surface area contributed by atoms with Crippen LogP contribution in [0.15, 0.2) is 60.7 Å². The van der Waals surface area contributed by atoms with Crippen molar-refractivity contribution in [1.29, 1.82) is 0 Å². The second kappa shape index (κ2) is 7.99. The van der Waals surface area contributed by atoms with Gasteiger partial charge in [-0.25, -0.2) is 0 Å². The zero-order valence-electron chi connectivity index (χ0n) is 13.7. The molecule has 0 aliphatic heterocycles. The largest absolute Gasteiger partial charge is 0.292 e. The number of terminal acetylenes is 1. The Morgan fingerprint density at radius 3 is 1.70 bits per heavy atom. The van der Waals surface area contributed by atoms with Gasteiger partial charge in [-0.15, -0.1) is 12.3 Å². The molecule has 23 heavy (non-hydrogen) atoms. The molecule has 0 bridgehead atoms. The van der Waals surface area contributed by atoms with Crippen molar-refractivity contribution >= 4 is 0 Å². The first-order chi connectivity index (χ1) is 11.3. The first-order valence-corrected chi connectivity index (χ1v) is 8.63. The van der Waals surface area contributed by atoms with Crippen molar-refractivity contribution in [3.63, 3.8) is 0 Å². The Balaban J connectivity index is 1.72. The maximum absolute atomic E-state index is 5.61. The van der Waals surface area contributed by atoms with Crippen LogP contribution in [0, 0.1) is 18.3 Å². The summed E-state index contributed by atoms with van der Waals surface area (Å²) in [6, 6.07) is 22.2. The van der Waals surface area contributed by atoms with Gasteiger partial charge in [0.2, 0.25) is 0 Å². The zero-order valence-corrected chi connectivity index (χ0v) is 13.7. The highest BCUT2D eigenvalue weighted by atomic mass is 15.2. The van der Waals surface area contributed by atoms with Crippen molar-refractivity contribution < 1.29 is 0 Å². The summed E-state index contributed by atoms with van der Waals surface area (Å²) in [5.41, 5.74) is 2.78. The Bertz CT molecular complexity index is 577. The average Bonchev–Trinajstić information content (AvgIpc) is 2.63. The molecule has 2 aromatic rings. The minimum absolute atomic E-state index is 0.488. The van der Waals surface area contributed by atoms with Crippen molar-refractivity contribution in [2.45, 2.75) is 44.8 Å². The van der Waals surface area contributed by atoms with Crippen LogP contribution < -0.4 is 0 Å². The normalized spacial score (nSPS) is 21.0. The molecule has 0 saturated heterocycles. The molecular weight excluding hydrogens is 278 g/mol. The molecule has 0 atom stereocenters. The van der Waals surface area contributed by atoms with Gasteiger partial charge in [0.05, 0.1) is 0 Å². The average molecular weight is 303 g/mol. The van der Waals surface area contributed by atoms with Crippen molar-refractivity contribution in [2.75, 3.05) is 0 Å². The lowest BCUT2D eigenvalue weighted by Crippen LogP contribution is -2.37. The van der Waals surface area contributed by atoms with E-state index < -0.39 is 0 Å². The van der Waals surface area contributed by atoms with Crippen LogP contribution >= 0.6 is 0 Å². The number of rotatable bonds is 5. The van der Waals surface area contributed by atoms with Crippen molar-refractivity contribution in [3.8, 4) is 12.3 Å². The Morgan fingerprint density at radius 1 is 0.783 bits per heavy atom. The molecule has 1 aliphatic rings. The van der Waals surface area contributed by atoms with E-state index in [2.05, 4.69) is 71.5 Å². The monoisotopic (exact) mass is 303 g/mol. The number of hydrogen-bond acceptors (Lipinski definition) is 1. The van der Waals surface area contributed by atoms with Gasteiger partial charge < -0.3 is 0 Å². The van der Waals surface area contributed by atoms with Gasteiger partial charge in [0, 0.05) is 25.0 Å². The molecule has 118 valence electrons. The topological polar surface area (TPSA) is 3.24 Å². The highest BCUT2D eigenvalue weighted by molar-refractivity contribution is 5.17. The van der Waals surface area contributed by atoms with E-state index in [0.717, 1.165) is 13.1 Å². The summed E-state index contributed by atoms with van der Waals surface area (Å²) in [6.45, 7) is 2.03. The molecular formula is C22H25N. The van der Waals surface area contributed by atoms with Crippen LogP contribution in [0.5, 0.6) is 0 Å². The molecule has 1 heteroatoms. The standard InChI is InChI=1S/C22H25N/c1-2-19-13-15-22(16-14-19)23(17-20-9-5-3-6-10-20)18-21-11-7-4-8-12-21/h1,3-12,19,22H,13-18H2/t19-,22-. The van der Waals surface area contributed by atoms with Gasteiger partial charge in [-0.1, -0.05) is 60.7 Å². The highest BCUT2D eigenvalue weighted by Gasteiger charge is 2.25. The van der Waals surface area contributed by atoms with E-state index in [1.165, 1.54) is 36.8 Å². The summed E-state index contributed by atoms with van der Waals surface area (Å²) in [5.74, 6) is 3.43. The summed E-state index contributed by atoms with van der Waals surface area (Å²) >= 11 is 0. The van der Waals surface area contributed by atoms with Crippen LogP contribution in [-0.4, -0.2) is 10.9 Å².